The second kappa shape index (κ2) is 9.95. The molecule has 0 radical (unpaired) electrons. The van der Waals surface area contributed by atoms with Gasteiger partial charge in [-0.05, 0) is 31.9 Å². The molecule has 1 aliphatic rings. The van der Waals surface area contributed by atoms with Gasteiger partial charge in [-0.25, -0.2) is 0 Å². The average Bonchev–Trinajstić information content (AvgIpc) is 3.15. The van der Waals surface area contributed by atoms with E-state index in [1.54, 1.807) is 29.2 Å². The molecule has 28 heavy (non-hydrogen) atoms. The van der Waals surface area contributed by atoms with Gasteiger partial charge in [0, 0.05) is 32.0 Å². The molecule has 1 aliphatic heterocycles. The van der Waals surface area contributed by atoms with Gasteiger partial charge in [-0.1, -0.05) is 35.1 Å². The first-order valence-corrected chi connectivity index (χ1v) is 10.5. The summed E-state index contributed by atoms with van der Waals surface area (Å²) in [7, 11) is 0. The van der Waals surface area contributed by atoms with Crippen LogP contribution in [-0.2, 0) is 16.0 Å². The molecule has 0 spiro atoms. The minimum absolute atomic E-state index is 0.0719. The lowest BCUT2D eigenvalue weighted by Gasteiger charge is -2.31. The summed E-state index contributed by atoms with van der Waals surface area (Å²) in [6, 6.07) is 7.02. The molecule has 7 nitrogen and oxygen atoms in total. The Morgan fingerprint density at radius 2 is 2.04 bits per heavy atom. The van der Waals surface area contributed by atoms with E-state index in [1.807, 2.05) is 6.92 Å². The lowest BCUT2D eigenvalue weighted by atomic mass is 9.95. The zero-order chi connectivity index (χ0) is 19.9. The molecule has 0 aliphatic carbocycles. The number of halogens is 1. The Kier molecular flexibility index (Phi) is 7.36. The van der Waals surface area contributed by atoms with Gasteiger partial charge in [0.05, 0.1) is 17.2 Å². The van der Waals surface area contributed by atoms with Crippen LogP contribution in [0.2, 0.25) is 5.02 Å². The number of rotatable bonds is 7. The molecule has 1 aromatic heterocycles. The number of benzene rings is 1. The third-order valence-corrected chi connectivity index (χ3v) is 5.85. The number of likely N-dealkylation sites (tertiary alicyclic amines) is 1. The molecule has 0 atom stereocenters. The lowest BCUT2D eigenvalue weighted by Crippen LogP contribution is -2.41. The van der Waals surface area contributed by atoms with Crippen molar-refractivity contribution in [2.75, 3.05) is 31.6 Å². The summed E-state index contributed by atoms with van der Waals surface area (Å²) in [5.41, 5.74) is 0.500. The number of amides is 2. The highest BCUT2D eigenvalue weighted by atomic mass is 35.5. The van der Waals surface area contributed by atoms with Crippen molar-refractivity contribution < 1.29 is 14.3 Å². The molecule has 1 saturated heterocycles. The van der Waals surface area contributed by atoms with Crippen molar-refractivity contribution in [2.24, 2.45) is 5.92 Å². The summed E-state index contributed by atoms with van der Waals surface area (Å²) < 4.78 is 5.30. The minimum atomic E-state index is -0.147. The van der Waals surface area contributed by atoms with E-state index in [-0.39, 0.29) is 17.7 Å². The number of ether oxygens (including phenoxy) is 1. The molecule has 0 saturated carbocycles. The van der Waals surface area contributed by atoms with Crippen LogP contribution in [0.1, 0.15) is 35.1 Å². The Hall–Kier alpha value is -2.03. The van der Waals surface area contributed by atoms with Gasteiger partial charge in [0.15, 0.2) is 0 Å². The van der Waals surface area contributed by atoms with E-state index in [1.165, 1.54) is 11.3 Å². The van der Waals surface area contributed by atoms with Crippen LogP contribution in [0.25, 0.3) is 0 Å². The molecule has 0 unspecified atom stereocenters. The highest BCUT2D eigenvalue weighted by molar-refractivity contribution is 7.15. The maximum absolute atomic E-state index is 12.6. The van der Waals surface area contributed by atoms with Gasteiger partial charge >= 0.3 is 0 Å². The monoisotopic (exact) mass is 422 g/mol. The number of nitrogens with one attached hydrogen (secondary N) is 1. The third-order valence-electron chi connectivity index (χ3n) is 4.62. The first kappa shape index (κ1) is 20.7. The summed E-state index contributed by atoms with van der Waals surface area (Å²) in [6.45, 7) is 4.26. The summed E-state index contributed by atoms with van der Waals surface area (Å²) in [6.07, 6.45) is 1.90. The summed E-state index contributed by atoms with van der Waals surface area (Å²) in [4.78, 5) is 26.9. The van der Waals surface area contributed by atoms with Crippen LogP contribution in [0.3, 0.4) is 0 Å². The fourth-order valence-electron chi connectivity index (χ4n) is 3.07. The van der Waals surface area contributed by atoms with Crippen molar-refractivity contribution in [3.8, 4) is 0 Å². The first-order valence-electron chi connectivity index (χ1n) is 9.33. The van der Waals surface area contributed by atoms with E-state index >= 15 is 0 Å². The number of aromatic nitrogens is 2. The molecular formula is C19H23ClN4O3S. The Balaban J connectivity index is 1.49. The third kappa shape index (κ3) is 5.27. The molecule has 150 valence electrons. The second-order valence-electron chi connectivity index (χ2n) is 6.48. The fourth-order valence-corrected chi connectivity index (χ4v) is 4.01. The van der Waals surface area contributed by atoms with Crippen molar-refractivity contribution in [3.05, 3.63) is 39.9 Å². The number of piperidine rings is 1. The van der Waals surface area contributed by atoms with Crippen LogP contribution in [0.5, 0.6) is 0 Å². The number of hydrogen-bond acceptors (Lipinski definition) is 6. The summed E-state index contributed by atoms with van der Waals surface area (Å²) >= 11 is 7.49. The van der Waals surface area contributed by atoms with Gasteiger partial charge in [-0.3, -0.25) is 9.59 Å². The van der Waals surface area contributed by atoms with Crippen LogP contribution < -0.4 is 5.32 Å². The van der Waals surface area contributed by atoms with E-state index in [0.29, 0.717) is 61.3 Å². The number of carbonyl (C=O) groups is 2. The van der Waals surface area contributed by atoms with Crippen LogP contribution >= 0.6 is 22.9 Å². The van der Waals surface area contributed by atoms with E-state index in [9.17, 15) is 9.59 Å². The molecule has 2 amide bonds. The van der Waals surface area contributed by atoms with Crippen molar-refractivity contribution in [2.45, 2.75) is 26.2 Å². The zero-order valence-corrected chi connectivity index (χ0v) is 17.3. The average molecular weight is 423 g/mol. The molecule has 2 heterocycles. The standard InChI is InChI=1S/C19H23ClN4O3S/c1-2-27-12-9-16-22-23-19(28-16)21-17(25)13-7-10-24(11-8-13)18(26)14-5-3-4-6-15(14)20/h3-6,13H,2,7-12H2,1H3,(H,21,23,25). The topological polar surface area (TPSA) is 84.4 Å². The summed E-state index contributed by atoms with van der Waals surface area (Å²) in [5.74, 6) is -0.309. The molecule has 3 rings (SSSR count). The molecule has 1 fully saturated rings. The maximum Gasteiger partial charge on any atom is 0.255 e. The molecular weight excluding hydrogens is 400 g/mol. The maximum atomic E-state index is 12.6. The highest BCUT2D eigenvalue weighted by Crippen LogP contribution is 2.24. The van der Waals surface area contributed by atoms with Gasteiger partial charge in [0.2, 0.25) is 11.0 Å². The van der Waals surface area contributed by atoms with Gasteiger partial charge in [-0.2, -0.15) is 0 Å². The normalized spacial score (nSPS) is 14.9. The van der Waals surface area contributed by atoms with Gasteiger partial charge in [-0.15, -0.1) is 10.2 Å². The highest BCUT2D eigenvalue weighted by Gasteiger charge is 2.29. The van der Waals surface area contributed by atoms with Crippen LogP contribution in [0, 0.1) is 5.92 Å². The number of anilines is 1. The Labute approximate surface area is 173 Å². The van der Waals surface area contributed by atoms with E-state index in [2.05, 4.69) is 15.5 Å². The Morgan fingerprint density at radius 1 is 1.29 bits per heavy atom. The predicted molar refractivity (Wildman–Crippen MR) is 109 cm³/mol. The lowest BCUT2D eigenvalue weighted by molar-refractivity contribution is -0.121. The number of hydrogen-bond donors (Lipinski definition) is 1. The van der Waals surface area contributed by atoms with Crippen molar-refractivity contribution in [1.29, 1.82) is 0 Å². The SMILES string of the molecule is CCOCCc1nnc(NC(=O)C2CCN(C(=O)c3ccccc3Cl)CC2)s1. The van der Waals surface area contributed by atoms with E-state index in [4.69, 9.17) is 16.3 Å². The smallest absolute Gasteiger partial charge is 0.255 e. The largest absolute Gasteiger partial charge is 0.381 e. The minimum Gasteiger partial charge on any atom is -0.381 e. The molecule has 9 heteroatoms. The quantitative estimate of drug-likeness (QED) is 0.692. The van der Waals surface area contributed by atoms with Crippen molar-refractivity contribution in [1.82, 2.24) is 15.1 Å². The van der Waals surface area contributed by atoms with Crippen molar-refractivity contribution >= 4 is 39.9 Å². The van der Waals surface area contributed by atoms with Crippen LogP contribution in [-0.4, -0.2) is 53.2 Å². The Bertz CT molecular complexity index is 821. The molecule has 1 N–H and O–H groups in total. The number of nitrogens with zero attached hydrogens (tertiary/aromatic N) is 3. The molecule has 1 aromatic carbocycles. The fraction of sp³-hybridized carbons (Fsp3) is 0.474. The van der Waals surface area contributed by atoms with Gasteiger partial charge in [0.25, 0.3) is 5.91 Å². The van der Waals surface area contributed by atoms with Crippen molar-refractivity contribution in [3.63, 3.8) is 0 Å². The molecule has 2 aromatic rings. The van der Waals surface area contributed by atoms with Gasteiger partial charge < -0.3 is 15.0 Å². The second-order valence-corrected chi connectivity index (χ2v) is 7.95. The number of carbonyl (C=O) groups excluding carboxylic acids is 2. The molecule has 0 bridgehead atoms. The van der Waals surface area contributed by atoms with E-state index in [0.717, 1.165) is 5.01 Å². The summed E-state index contributed by atoms with van der Waals surface area (Å²) in [5, 5.41) is 12.7. The first-order chi connectivity index (χ1) is 13.6. The zero-order valence-electron chi connectivity index (χ0n) is 15.7. The Morgan fingerprint density at radius 3 is 2.75 bits per heavy atom. The van der Waals surface area contributed by atoms with Crippen LogP contribution in [0.4, 0.5) is 5.13 Å². The predicted octanol–water partition coefficient (Wildman–Crippen LogP) is 3.26. The van der Waals surface area contributed by atoms with E-state index < -0.39 is 0 Å². The van der Waals surface area contributed by atoms with Crippen LogP contribution in [0.15, 0.2) is 24.3 Å². The van der Waals surface area contributed by atoms with Gasteiger partial charge in [0.1, 0.15) is 5.01 Å².